The van der Waals surface area contributed by atoms with Crippen LogP contribution in [0.5, 0.6) is 0 Å². The highest BCUT2D eigenvalue weighted by atomic mass is 35.5. The third-order valence-corrected chi connectivity index (χ3v) is 4.54. The monoisotopic (exact) mass is 421 g/mol. The Bertz CT molecular complexity index is 1080. The van der Waals surface area contributed by atoms with Crippen molar-refractivity contribution in [2.75, 3.05) is 12.4 Å². The highest BCUT2D eigenvalue weighted by Gasteiger charge is 2.13. The van der Waals surface area contributed by atoms with Crippen molar-refractivity contribution >= 4 is 34.9 Å². The van der Waals surface area contributed by atoms with E-state index in [0.29, 0.717) is 10.7 Å². The molecule has 6 nitrogen and oxygen atoms in total. The number of carbonyl (C=O) groups is 1. The Hall–Kier alpha value is -2.90. The zero-order valence-corrected chi connectivity index (χ0v) is 16.1. The van der Waals surface area contributed by atoms with Gasteiger partial charge in [0.15, 0.2) is 0 Å². The van der Waals surface area contributed by atoms with E-state index < -0.39 is 17.3 Å². The Morgan fingerprint density at radius 1 is 1.21 bits per heavy atom. The quantitative estimate of drug-likeness (QED) is 0.628. The van der Waals surface area contributed by atoms with Crippen molar-refractivity contribution in [3.05, 3.63) is 86.0 Å². The number of methoxy groups -OCH3 is 1. The third-order valence-electron chi connectivity index (χ3n) is 3.93. The van der Waals surface area contributed by atoms with Crippen LogP contribution in [-0.2, 0) is 11.3 Å². The summed E-state index contributed by atoms with van der Waals surface area (Å²) in [5, 5.41) is 7.36. The lowest BCUT2D eigenvalue weighted by Crippen LogP contribution is -2.22. The minimum atomic E-state index is -0.577. The summed E-state index contributed by atoms with van der Waals surface area (Å²) in [6.07, 6.45) is 1.36. The standard InChI is InChI=1S/C19H14Cl2FN3O3/c1-28-19(27)11-2-7-15(22)12(8-11)9-23-16-10-24-25(18(26)17(16)21)14-5-3-13(20)4-6-14/h2-8,10,23H,9H2,1H3. The van der Waals surface area contributed by atoms with E-state index in [2.05, 4.69) is 15.2 Å². The number of carbonyl (C=O) groups excluding carboxylic acids is 1. The predicted molar refractivity (Wildman–Crippen MR) is 105 cm³/mol. The van der Waals surface area contributed by atoms with Crippen molar-refractivity contribution in [2.24, 2.45) is 0 Å². The maximum Gasteiger partial charge on any atom is 0.337 e. The normalized spacial score (nSPS) is 10.6. The summed E-state index contributed by atoms with van der Waals surface area (Å²) < 4.78 is 19.8. The zero-order valence-electron chi connectivity index (χ0n) is 14.6. The van der Waals surface area contributed by atoms with Crippen LogP contribution in [0.25, 0.3) is 5.69 Å². The molecule has 1 aromatic heterocycles. The molecule has 0 spiro atoms. The van der Waals surface area contributed by atoms with Crippen molar-refractivity contribution in [1.29, 1.82) is 0 Å². The van der Waals surface area contributed by atoms with Crippen LogP contribution in [0.15, 0.2) is 53.5 Å². The van der Waals surface area contributed by atoms with E-state index in [1.165, 1.54) is 31.5 Å². The lowest BCUT2D eigenvalue weighted by atomic mass is 10.1. The molecule has 1 N–H and O–H groups in total. The number of rotatable bonds is 5. The zero-order chi connectivity index (χ0) is 20.3. The van der Waals surface area contributed by atoms with Crippen LogP contribution < -0.4 is 10.9 Å². The number of nitrogens with one attached hydrogen (secondary N) is 1. The van der Waals surface area contributed by atoms with Gasteiger partial charge in [-0.1, -0.05) is 23.2 Å². The molecule has 0 saturated heterocycles. The number of anilines is 1. The Balaban J connectivity index is 1.84. The summed E-state index contributed by atoms with van der Waals surface area (Å²) in [5.41, 5.74) is 0.612. The first-order valence-corrected chi connectivity index (χ1v) is 8.80. The molecule has 0 unspecified atom stereocenters. The number of nitrogens with zero attached hydrogens (tertiary/aromatic N) is 2. The Morgan fingerprint density at radius 2 is 1.93 bits per heavy atom. The van der Waals surface area contributed by atoms with E-state index in [4.69, 9.17) is 23.2 Å². The number of ether oxygens (including phenoxy) is 1. The first kappa shape index (κ1) is 19.9. The van der Waals surface area contributed by atoms with Gasteiger partial charge in [0.2, 0.25) is 0 Å². The van der Waals surface area contributed by atoms with Crippen LogP contribution in [-0.4, -0.2) is 22.9 Å². The van der Waals surface area contributed by atoms with Crippen molar-refractivity contribution in [3.8, 4) is 5.69 Å². The van der Waals surface area contributed by atoms with Crippen LogP contribution >= 0.6 is 23.2 Å². The molecule has 3 rings (SSSR count). The van der Waals surface area contributed by atoms with Crippen LogP contribution in [0.3, 0.4) is 0 Å². The van der Waals surface area contributed by atoms with Crippen LogP contribution in [0.2, 0.25) is 10.0 Å². The van der Waals surface area contributed by atoms with E-state index >= 15 is 0 Å². The smallest absolute Gasteiger partial charge is 0.337 e. The van der Waals surface area contributed by atoms with Gasteiger partial charge < -0.3 is 10.1 Å². The van der Waals surface area contributed by atoms with Crippen LogP contribution in [0, 0.1) is 5.82 Å². The minimum Gasteiger partial charge on any atom is -0.465 e. The largest absolute Gasteiger partial charge is 0.465 e. The first-order chi connectivity index (χ1) is 13.4. The van der Waals surface area contributed by atoms with Gasteiger partial charge in [0, 0.05) is 17.1 Å². The van der Waals surface area contributed by atoms with E-state index in [9.17, 15) is 14.0 Å². The number of aromatic nitrogens is 2. The molecule has 0 bridgehead atoms. The number of esters is 1. The van der Waals surface area contributed by atoms with Gasteiger partial charge in [-0.25, -0.2) is 9.18 Å². The average Bonchev–Trinajstić information content (AvgIpc) is 2.70. The molecule has 2 aromatic carbocycles. The van der Waals surface area contributed by atoms with Crippen LogP contribution in [0.4, 0.5) is 10.1 Å². The molecular weight excluding hydrogens is 408 g/mol. The molecule has 3 aromatic rings. The second kappa shape index (κ2) is 8.41. The molecular formula is C19H14Cl2FN3O3. The Kier molecular flexibility index (Phi) is 5.96. The fourth-order valence-corrected chi connectivity index (χ4v) is 2.79. The summed E-state index contributed by atoms with van der Waals surface area (Å²) in [7, 11) is 1.24. The van der Waals surface area contributed by atoms with Gasteiger partial charge in [-0.2, -0.15) is 9.78 Å². The number of hydrogen-bond donors (Lipinski definition) is 1. The fraction of sp³-hybridized carbons (Fsp3) is 0.105. The SMILES string of the molecule is COC(=O)c1ccc(F)c(CNc2cnn(-c3ccc(Cl)cc3)c(=O)c2Cl)c1. The predicted octanol–water partition coefficient (Wildman–Crippen LogP) is 4.08. The van der Waals surface area contributed by atoms with Gasteiger partial charge in [-0.15, -0.1) is 0 Å². The molecule has 0 amide bonds. The molecule has 1 heterocycles. The van der Waals surface area contributed by atoms with E-state index in [-0.39, 0.29) is 28.4 Å². The molecule has 0 saturated carbocycles. The highest BCUT2D eigenvalue weighted by molar-refractivity contribution is 6.33. The van der Waals surface area contributed by atoms with Crippen molar-refractivity contribution in [1.82, 2.24) is 9.78 Å². The maximum absolute atomic E-state index is 14.0. The Morgan fingerprint density at radius 3 is 2.61 bits per heavy atom. The highest BCUT2D eigenvalue weighted by Crippen LogP contribution is 2.20. The van der Waals surface area contributed by atoms with Crippen molar-refractivity contribution < 1.29 is 13.9 Å². The van der Waals surface area contributed by atoms with E-state index in [1.54, 1.807) is 24.3 Å². The first-order valence-electron chi connectivity index (χ1n) is 8.05. The topological polar surface area (TPSA) is 73.2 Å². The molecule has 9 heteroatoms. The summed E-state index contributed by atoms with van der Waals surface area (Å²) in [4.78, 5) is 24.1. The molecule has 0 aliphatic carbocycles. The van der Waals surface area contributed by atoms with Gasteiger partial charge in [0.1, 0.15) is 10.8 Å². The summed E-state index contributed by atoms with van der Waals surface area (Å²) in [6.45, 7) is -0.0114. The second-order valence-corrected chi connectivity index (χ2v) is 6.53. The van der Waals surface area contributed by atoms with Gasteiger partial charge >= 0.3 is 5.97 Å². The summed E-state index contributed by atoms with van der Waals surface area (Å²) >= 11 is 12.0. The summed E-state index contributed by atoms with van der Waals surface area (Å²) in [5.74, 6) is -1.09. The van der Waals surface area contributed by atoms with E-state index in [1.807, 2.05) is 0 Å². The molecule has 28 heavy (non-hydrogen) atoms. The lowest BCUT2D eigenvalue weighted by Gasteiger charge is -2.11. The van der Waals surface area contributed by atoms with Gasteiger partial charge in [-0.3, -0.25) is 4.79 Å². The lowest BCUT2D eigenvalue weighted by molar-refractivity contribution is 0.0600. The van der Waals surface area contributed by atoms with Crippen molar-refractivity contribution in [2.45, 2.75) is 6.54 Å². The number of hydrogen-bond acceptors (Lipinski definition) is 5. The molecule has 0 aliphatic rings. The number of benzene rings is 2. The molecule has 144 valence electrons. The second-order valence-electron chi connectivity index (χ2n) is 5.72. The molecule has 0 radical (unpaired) electrons. The Labute approximate surface area is 169 Å². The summed E-state index contributed by atoms with van der Waals surface area (Å²) in [6, 6.07) is 10.4. The average molecular weight is 422 g/mol. The van der Waals surface area contributed by atoms with Crippen molar-refractivity contribution in [3.63, 3.8) is 0 Å². The fourth-order valence-electron chi connectivity index (χ4n) is 2.47. The number of halogens is 3. The molecule has 0 fully saturated rings. The van der Waals surface area contributed by atoms with Gasteiger partial charge in [0.05, 0.1) is 30.2 Å². The van der Waals surface area contributed by atoms with Gasteiger partial charge in [0.25, 0.3) is 5.56 Å². The van der Waals surface area contributed by atoms with Gasteiger partial charge in [-0.05, 0) is 42.5 Å². The van der Waals surface area contributed by atoms with Crippen LogP contribution in [0.1, 0.15) is 15.9 Å². The minimum absolute atomic E-state index is 0.0114. The third kappa shape index (κ3) is 4.16. The maximum atomic E-state index is 14.0. The molecule has 0 atom stereocenters. The van der Waals surface area contributed by atoms with E-state index in [0.717, 1.165) is 4.68 Å². The molecule has 0 aliphatic heterocycles.